The lowest BCUT2D eigenvalue weighted by Crippen LogP contribution is -2.39. The second kappa shape index (κ2) is 5.49. The van der Waals surface area contributed by atoms with Crippen LogP contribution in [0.15, 0.2) is 0 Å². The normalized spacial score (nSPS) is 9.11. The van der Waals surface area contributed by atoms with E-state index in [4.69, 9.17) is 5.84 Å². The molecule has 5 nitrogen and oxygen atoms in total. The average molecular weight is 131 g/mol. The first-order valence-electron chi connectivity index (χ1n) is 2.63. The summed E-state index contributed by atoms with van der Waals surface area (Å²) in [4.78, 5) is 10.3. The number of hydrogen-bond donors (Lipinski definition) is 4. The quantitative estimate of drug-likeness (QED) is 0.158. The molecular formula is C4H11N4O. The van der Waals surface area contributed by atoms with E-state index in [-0.39, 0.29) is 5.91 Å². The third-order valence-corrected chi connectivity index (χ3v) is 0.624. The van der Waals surface area contributed by atoms with Crippen molar-refractivity contribution >= 4 is 5.91 Å². The van der Waals surface area contributed by atoms with Crippen LogP contribution < -0.4 is 22.1 Å². The van der Waals surface area contributed by atoms with Gasteiger partial charge in [0.2, 0.25) is 0 Å². The van der Waals surface area contributed by atoms with Crippen molar-refractivity contribution in [2.45, 2.75) is 6.92 Å². The van der Waals surface area contributed by atoms with Crippen LogP contribution in [-0.4, -0.2) is 12.5 Å². The number of hydrogen-bond acceptors (Lipinski definition) is 4. The molecule has 53 valence electrons. The Morgan fingerprint density at radius 2 is 2.44 bits per heavy atom. The summed E-state index contributed by atoms with van der Waals surface area (Å²) in [5.74, 6) is 4.39. The number of carbonyl (C=O) groups excluding carboxylic acids is 1. The standard InChI is InChI=1S/C4H11N4O/c1-2-6-7-3-4(9)8-5/h3,6-7H,2,5H2,1H3,(H,8,9). The Labute approximate surface area is 53.9 Å². The Bertz CT molecular complexity index is 84.6. The Balaban J connectivity index is 2.97. The Morgan fingerprint density at radius 1 is 1.78 bits per heavy atom. The van der Waals surface area contributed by atoms with Gasteiger partial charge in [-0.2, -0.15) is 0 Å². The van der Waals surface area contributed by atoms with Crippen molar-refractivity contribution < 1.29 is 4.79 Å². The molecule has 0 aromatic rings. The van der Waals surface area contributed by atoms with Crippen molar-refractivity contribution in [3.05, 3.63) is 6.54 Å². The molecule has 0 bridgehead atoms. The zero-order valence-electron chi connectivity index (χ0n) is 5.27. The maximum atomic E-state index is 10.3. The molecular weight excluding hydrogens is 120 g/mol. The van der Waals surface area contributed by atoms with Crippen molar-refractivity contribution in [1.82, 2.24) is 16.3 Å². The Kier molecular flexibility index (Phi) is 5.09. The van der Waals surface area contributed by atoms with Gasteiger partial charge in [-0.3, -0.25) is 15.6 Å². The number of nitrogens with two attached hydrogens (primary N) is 1. The first kappa shape index (κ1) is 8.35. The highest BCUT2D eigenvalue weighted by molar-refractivity contribution is 5.83. The molecule has 0 spiro atoms. The monoisotopic (exact) mass is 131 g/mol. The first-order valence-corrected chi connectivity index (χ1v) is 2.63. The van der Waals surface area contributed by atoms with Gasteiger partial charge in [0.1, 0.15) is 6.54 Å². The maximum absolute atomic E-state index is 10.3. The number of nitrogens with one attached hydrogen (secondary N) is 3. The fraction of sp³-hybridized carbons (Fsp3) is 0.500. The minimum Gasteiger partial charge on any atom is -0.293 e. The smallest absolute Gasteiger partial charge is 0.254 e. The molecule has 0 aromatic carbocycles. The number of hydrazine groups is 2. The highest BCUT2D eigenvalue weighted by Crippen LogP contribution is 1.62. The summed E-state index contributed by atoms with van der Waals surface area (Å²) in [6, 6.07) is 0. The lowest BCUT2D eigenvalue weighted by atomic mass is 10.6. The molecule has 0 saturated carbocycles. The fourth-order valence-corrected chi connectivity index (χ4v) is 0.260. The summed E-state index contributed by atoms with van der Waals surface area (Å²) in [7, 11) is 0. The topological polar surface area (TPSA) is 79.2 Å². The zero-order valence-corrected chi connectivity index (χ0v) is 5.27. The molecule has 0 saturated heterocycles. The van der Waals surface area contributed by atoms with Crippen molar-refractivity contribution in [3.8, 4) is 0 Å². The van der Waals surface area contributed by atoms with Gasteiger partial charge in [-0.05, 0) is 0 Å². The van der Waals surface area contributed by atoms with Crippen LogP contribution >= 0.6 is 0 Å². The van der Waals surface area contributed by atoms with Gasteiger partial charge in [-0.1, -0.05) is 6.92 Å². The van der Waals surface area contributed by atoms with Crippen LogP contribution in [-0.2, 0) is 4.79 Å². The summed E-state index contributed by atoms with van der Waals surface area (Å²) in [6.45, 7) is 3.85. The molecule has 0 atom stereocenters. The molecule has 9 heavy (non-hydrogen) atoms. The summed E-state index contributed by atoms with van der Waals surface area (Å²) in [5.41, 5.74) is 7.14. The van der Waals surface area contributed by atoms with Crippen LogP contribution in [0.1, 0.15) is 6.92 Å². The minimum absolute atomic E-state index is 0.365. The number of carbonyl (C=O) groups is 1. The maximum Gasteiger partial charge on any atom is 0.254 e. The molecule has 0 rings (SSSR count). The third-order valence-electron chi connectivity index (χ3n) is 0.624. The molecule has 0 aliphatic heterocycles. The first-order chi connectivity index (χ1) is 4.31. The molecule has 0 aliphatic rings. The van der Waals surface area contributed by atoms with E-state index in [1.54, 1.807) is 0 Å². The van der Waals surface area contributed by atoms with Crippen LogP contribution in [0.3, 0.4) is 0 Å². The van der Waals surface area contributed by atoms with Gasteiger partial charge in [-0.15, -0.1) is 0 Å². The van der Waals surface area contributed by atoms with Crippen molar-refractivity contribution in [3.63, 3.8) is 0 Å². The number of rotatable bonds is 4. The zero-order chi connectivity index (χ0) is 7.11. The van der Waals surface area contributed by atoms with E-state index in [0.717, 1.165) is 6.54 Å². The van der Waals surface area contributed by atoms with Gasteiger partial charge in [0.15, 0.2) is 0 Å². The predicted molar refractivity (Wildman–Crippen MR) is 33.4 cm³/mol. The molecule has 0 aliphatic carbocycles. The Morgan fingerprint density at radius 3 is 2.89 bits per heavy atom. The van der Waals surface area contributed by atoms with Crippen molar-refractivity contribution in [1.29, 1.82) is 0 Å². The molecule has 0 aromatic heterocycles. The molecule has 0 fully saturated rings. The van der Waals surface area contributed by atoms with E-state index in [2.05, 4.69) is 10.9 Å². The van der Waals surface area contributed by atoms with Gasteiger partial charge in [0.25, 0.3) is 5.91 Å². The minimum atomic E-state index is -0.365. The highest BCUT2D eigenvalue weighted by Gasteiger charge is 1.93. The van der Waals surface area contributed by atoms with Gasteiger partial charge in [0.05, 0.1) is 0 Å². The fourth-order valence-electron chi connectivity index (χ4n) is 0.260. The van der Waals surface area contributed by atoms with Gasteiger partial charge in [-0.25, -0.2) is 11.3 Å². The summed E-state index contributed by atoms with van der Waals surface area (Å²) in [5, 5.41) is 0. The molecule has 0 heterocycles. The van der Waals surface area contributed by atoms with Crippen LogP contribution in [0.25, 0.3) is 0 Å². The van der Waals surface area contributed by atoms with E-state index < -0.39 is 0 Å². The van der Waals surface area contributed by atoms with Gasteiger partial charge in [0, 0.05) is 6.54 Å². The lowest BCUT2D eigenvalue weighted by molar-refractivity contribution is -0.118. The highest BCUT2D eigenvalue weighted by atomic mass is 16.2. The lowest BCUT2D eigenvalue weighted by Gasteiger charge is -2.00. The second-order valence-electron chi connectivity index (χ2n) is 1.33. The largest absolute Gasteiger partial charge is 0.293 e. The van der Waals surface area contributed by atoms with Crippen LogP contribution in [0.4, 0.5) is 0 Å². The summed E-state index contributed by atoms with van der Waals surface area (Å²) < 4.78 is 0. The molecule has 1 amide bonds. The predicted octanol–water partition coefficient (Wildman–Crippen LogP) is -1.75. The molecule has 5 heteroatoms. The molecule has 1 radical (unpaired) electrons. The van der Waals surface area contributed by atoms with E-state index in [9.17, 15) is 4.79 Å². The SMILES string of the molecule is CCNN[CH]C(=O)NN. The van der Waals surface area contributed by atoms with Gasteiger partial charge < -0.3 is 0 Å². The summed E-state index contributed by atoms with van der Waals surface area (Å²) >= 11 is 0. The van der Waals surface area contributed by atoms with Crippen molar-refractivity contribution in [2.75, 3.05) is 6.54 Å². The molecule has 5 N–H and O–H groups in total. The van der Waals surface area contributed by atoms with Crippen LogP contribution in [0, 0.1) is 6.54 Å². The Hall–Kier alpha value is -0.650. The third kappa shape index (κ3) is 5.22. The van der Waals surface area contributed by atoms with Crippen molar-refractivity contribution in [2.24, 2.45) is 5.84 Å². The van der Waals surface area contributed by atoms with E-state index in [1.807, 2.05) is 12.3 Å². The van der Waals surface area contributed by atoms with E-state index >= 15 is 0 Å². The van der Waals surface area contributed by atoms with Crippen LogP contribution in [0.5, 0.6) is 0 Å². The average Bonchev–Trinajstić information content (AvgIpc) is 1.89. The number of amides is 1. The van der Waals surface area contributed by atoms with E-state index in [1.165, 1.54) is 6.54 Å². The van der Waals surface area contributed by atoms with E-state index in [0.29, 0.717) is 0 Å². The second-order valence-corrected chi connectivity index (χ2v) is 1.33. The van der Waals surface area contributed by atoms with Crippen LogP contribution in [0.2, 0.25) is 0 Å². The van der Waals surface area contributed by atoms with Gasteiger partial charge >= 0.3 is 0 Å². The summed E-state index contributed by atoms with van der Waals surface area (Å²) in [6.07, 6.45) is 0. The molecule has 0 unspecified atom stereocenters.